The van der Waals surface area contributed by atoms with Gasteiger partial charge in [0.05, 0.1) is 26.1 Å². The first-order valence-corrected chi connectivity index (χ1v) is 8.14. The van der Waals surface area contributed by atoms with Gasteiger partial charge < -0.3 is 20.5 Å². The summed E-state index contributed by atoms with van der Waals surface area (Å²) in [5.41, 5.74) is 5.34. The third-order valence-electron chi connectivity index (χ3n) is 4.03. The van der Waals surface area contributed by atoms with Gasteiger partial charge in [-0.25, -0.2) is 0 Å². The van der Waals surface area contributed by atoms with Crippen LogP contribution in [0, 0.1) is 5.92 Å². The van der Waals surface area contributed by atoms with Crippen LogP contribution in [0.2, 0.25) is 0 Å². The van der Waals surface area contributed by atoms with Crippen molar-refractivity contribution in [3.63, 3.8) is 0 Å². The Morgan fingerprint density at radius 3 is 2.79 bits per heavy atom. The van der Waals surface area contributed by atoms with E-state index in [-0.39, 0.29) is 24.3 Å². The van der Waals surface area contributed by atoms with Gasteiger partial charge in [-0.1, -0.05) is 12.1 Å². The standard InChI is InChI=1S/C17H25N3O4/c1-23-14-6-2-3-7-15(14)24-10-8-19-16(21)12-20-9-4-5-13(11-20)17(18)22/h2-3,6-7,13H,4-5,8-12H2,1H3,(H2,18,22)(H,19,21)/t13-/m1/s1. The fourth-order valence-corrected chi connectivity index (χ4v) is 2.78. The Morgan fingerprint density at radius 1 is 1.33 bits per heavy atom. The molecule has 3 N–H and O–H groups in total. The first-order valence-electron chi connectivity index (χ1n) is 8.14. The van der Waals surface area contributed by atoms with Crippen molar-refractivity contribution in [2.45, 2.75) is 12.8 Å². The smallest absolute Gasteiger partial charge is 0.234 e. The molecule has 0 spiro atoms. The monoisotopic (exact) mass is 335 g/mol. The van der Waals surface area contributed by atoms with Crippen LogP contribution in [0.25, 0.3) is 0 Å². The molecular weight excluding hydrogens is 310 g/mol. The highest BCUT2D eigenvalue weighted by Crippen LogP contribution is 2.25. The lowest BCUT2D eigenvalue weighted by Crippen LogP contribution is -2.46. The second-order valence-electron chi connectivity index (χ2n) is 5.83. The van der Waals surface area contributed by atoms with Crippen LogP contribution >= 0.6 is 0 Å². The van der Waals surface area contributed by atoms with Gasteiger partial charge in [-0.2, -0.15) is 0 Å². The number of benzene rings is 1. The summed E-state index contributed by atoms with van der Waals surface area (Å²) in [6.07, 6.45) is 1.69. The van der Waals surface area contributed by atoms with Crippen LogP contribution in [0.15, 0.2) is 24.3 Å². The Morgan fingerprint density at radius 2 is 2.08 bits per heavy atom. The van der Waals surface area contributed by atoms with E-state index >= 15 is 0 Å². The molecule has 2 rings (SSSR count). The minimum absolute atomic E-state index is 0.0799. The summed E-state index contributed by atoms with van der Waals surface area (Å²) in [6, 6.07) is 7.37. The van der Waals surface area contributed by atoms with E-state index in [9.17, 15) is 9.59 Å². The van der Waals surface area contributed by atoms with Crippen molar-refractivity contribution >= 4 is 11.8 Å². The number of piperidine rings is 1. The van der Waals surface area contributed by atoms with E-state index in [1.54, 1.807) is 7.11 Å². The van der Waals surface area contributed by atoms with Gasteiger partial charge in [0.1, 0.15) is 6.61 Å². The van der Waals surface area contributed by atoms with Gasteiger partial charge in [0.25, 0.3) is 0 Å². The molecule has 0 aliphatic carbocycles. The number of carbonyl (C=O) groups excluding carboxylic acids is 2. The zero-order valence-electron chi connectivity index (χ0n) is 14.0. The van der Waals surface area contributed by atoms with Crippen molar-refractivity contribution in [1.29, 1.82) is 0 Å². The number of rotatable bonds is 8. The molecular formula is C17H25N3O4. The number of nitrogens with two attached hydrogens (primary N) is 1. The number of nitrogens with one attached hydrogen (secondary N) is 1. The van der Waals surface area contributed by atoms with Gasteiger partial charge in [-0.05, 0) is 31.5 Å². The van der Waals surface area contributed by atoms with E-state index in [0.29, 0.717) is 31.2 Å². The number of amides is 2. The Bertz CT molecular complexity index is 565. The largest absolute Gasteiger partial charge is 0.493 e. The predicted octanol–water partition coefficient (Wildman–Crippen LogP) is 0.388. The number of hydrogen-bond donors (Lipinski definition) is 2. The summed E-state index contributed by atoms with van der Waals surface area (Å²) < 4.78 is 10.8. The summed E-state index contributed by atoms with van der Waals surface area (Å²) in [7, 11) is 1.59. The van der Waals surface area contributed by atoms with Crippen LogP contribution in [-0.4, -0.2) is 56.6 Å². The molecule has 7 nitrogen and oxygen atoms in total. The normalized spacial score (nSPS) is 18.0. The average molecular weight is 335 g/mol. The van der Waals surface area contributed by atoms with Gasteiger partial charge in [0, 0.05) is 6.54 Å². The molecule has 1 aromatic carbocycles. The van der Waals surface area contributed by atoms with Crippen LogP contribution in [0.3, 0.4) is 0 Å². The van der Waals surface area contributed by atoms with Gasteiger partial charge in [-0.3, -0.25) is 14.5 Å². The molecule has 0 radical (unpaired) electrons. The fourth-order valence-electron chi connectivity index (χ4n) is 2.78. The van der Waals surface area contributed by atoms with Crippen molar-refractivity contribution in [1.82, 2.24) is 10.2 Å². The molecule has 0 bridgehead atoms. The molecule has 1 aromatic rings. The van der Waals surface area contributed by atoms with Crippen LogP contribution in [0.5, 0.6) is 11.5 Å². The third-order valence-corrected chi connectivity index (χ3v) is 4.03. The maximum atomic E-state index is 12.0. The van der Waals surface area contributed by atoms with Crippen molar-refractivity contribution in [2.24, 2.45) is 11.7 Å². The second kappa shape index (κ2) is 9.12. The molecule has 7 heteroatoms. The molecule has 0 saturated carbocycles. The molecule has 1 atom stereocenters. The maximum absolute atomic E-state index is 12.0. The van der Waals surface area contributed by atoms with Gasteiger partial charge in [-0.15, -0.1) is 0 Å². The fraction of sp³-hybridized carbons (Fsp3) is 0.529. The van der Waals surface area contributed by atoms with E-state index in [1.807, 2.05) is 29.2 Å². The molecule has 2 amide bonds. The average Bonchev–Trinajstić information content (AvgIpc) is 2.59. The number of ether oxygens (including phenoxy) is 2. The van der Waals surface area contributed by atoms with Crippen LogP contribution in [0.4, 0.5) is 0 Å². The summed E-state index contributed by atoms with van der Waals surface area (Å²) >= 11 is 0. The Labute approximate surface area is 142 Å². The SMILES string of the molecule is COc1ccccc1OCCNC(=O)CN1CCC[C@@H](C(N)=O)C1. The number of likely N-dealkylation sites (tertiary alicyclic amines) is 1. The summed E-state index contributed by atoms with van der Waals surface area (Å²) in [6.45, 7) is 2.41. The number of methoxy groups -OCH3 is 1. The van der Waals surface area contributed by atoms with Gasteiger partial charge in [0.15, 0.2) is 11.5 Å². The summed E-state index contributed by atoms with van der Waals surface area (Å²) in [5, 5.41) is 2.82. The molecule has 1 saturated heterocycles. The molecule has 1 fully saturated rings. The number of para-hydroxylation sites is 2. The number of carbonyl (C=O) groups is 2. The zero-order valence-corrected chi connectivity index (χ0v) is 14.0. The molecule has 0 unspecified atom stereocenters. The predicted molar refractivity (Wildman–Crippen MR) is 89.9 cm³/mol. The molecule has 1 heterocycles. The quantitative estimate of drug-likeness (QED) is 0.670. The van der Waals surface area contributed by atoms with E-state index in [2.05, 4.69) is 5.32 Å². The van der Waals surface area contributed by atoms with Crippen molar-refractivity contribution in [3.8, 4) is 11.5 Å². The van der Waals surface area contributed by atoms with Crippen molar-refractivity contribution < 1.29 is 19.1 Å². The second-order valence-corrected chi connectivity index (χ2v) is 5.83. The lowest BCUT2D eigenvalue weighted by molar-refractivity contribution is -0.126. The maximum Gasteiger partial charge on any atom is 0.234 e. The minimum atomic E-state index is -0.287. The number of primary amides is 1. The molecule has 0 aromatic heterocycles. The Kier molecular flexibility index (Phi) is 6.87. The minimum Gasteiger partial charge on any atom is -0.493 e. The summed E-state index contributed by atoms with van der Waals surface area (Å²) in [5.74, 6) is 0.790. The lowest BCUT2D eigenvalue weighted by Gasteiger charge is -2.30. The number of nitrogens with zero attached hydrogens (tertiary/aromatic N) is 1. The highest BCUT2D eigenvalue weighted by atomic mass is 16.5. The van der Waals surface area contributed by atoms with Crippen LogP contribution < -0.4 is 20.5 Å². The zero-order chi connectivity index (χ0) is 17.4. The topological polar surface area (TPSA) is 93.9 Å². The van der Waals surface area contributed by atoms with Crippen LogP contribution in [-0.2, 0) is 9.59 Å². The first-order chi connectivity index (χ1) is 11.6. The lowest BCUT2D eigenvalue weighted by atomic mass is 9.97. The Hall–Kier alpha value is -2.28. The molecule has 1 aliphatic rings. The molecule has 132 valence electrons. The Balaban J connectivity index is 1.67. The van der Waals surface area contributed by atoms with E-state index < -0.39 is 0 Å². The summed E-state index contributed by atoms with van der Waals surface area (Å²) in [4.78, 5) is 25.2. The number of hydrogen-bond acceptors (Lipinski definition) is 5. The van der Waals surface area contributed by atoms with E-state index in [4.69, 9.17) is 15.2 Å². The highest BCUT2D eigenvalue weighted by Gasteiger charge is 2.24. The van der Waals surface area contributed by atoms with Crippen molar-refractivity contribution in [3.05, 3.63) is 24.3 Å². The molecule has 1 aliphatic heterocycles. The van der Waals surface area contributed by atoms with Gasteiger partial charge >= 0.3 is 0 Å². The van der Waals surface area contributed by atoms with E-state index in [0.717, 1.165) is 19.4 Å². The van der Waals surface area contributed by atoms with E-state index in [1.165, 1.54) is 0 Å². The first kappa shape index (κ1) is 18.1. The van der Waals surface area contributed by atoms with Crippen molar-refractivity contribution in [2.75, 3.05) is 39.9 Å². The molecule has 24 heavy (non-hydrogen) atoms. The highest BCUT2D eigenvalue weighted by molar-refractivity contribution is 5.79. The third kappa shape index (κ3) is 5.42. The van der Waals surface area contributed by atoms with Crippen LogP contribution in [0.1, 0.15) is 12.8 Å². The van der Waals surface area contributed by atoms with Gasteiger partial charge in [0.2, 0.25) is 11.8 Å².